The van der Waals surface area contributed by atoms with Crippen LogP contribution in [-0.4, -0.2) is 36.3 Å². The molecule has 1 aliphatic heterocycles. The van der Waals surface area contributed by atoms with E-state index in [0.29, 0.717) is 18.8 Å². The first-order valence-corrected chi connectivity index (χ1v) is 5.82. The highest BCUT2D eigenvalue weighted by molar-refractivity contribution is 5.70. The molecule has 4 heteroatoms. The lowest BCUT2D eigenvalue weighted by Crippen LogP contribution is -2.49. The highest BCUT2D eigenvalue weighted by atomic mass is 16.6. The normalized spacial score (nSPS) is 24.5. The molecular weight excluding hydrogens is 218 g/mol. The van der Waals surface area contributed by atoms with Crippen molar-refractivity contribution in [2.75, 3.05) is 13.1 Å². The third-order valence-corrected chi connectivity index (χ3v) is 2.63. The Morgan fingerprint density at radius 3 is 2.41 bits per heavy atom. The molecule has 4 nitrogen and oxygen atoms in total. The van der Waals surface area contributed by atoms with Crippen LogP contribution in [0.15, 0.2) is 30.3 Å². The molecule has 0 aliphatic carbocycles. The predicted molar refractivity (Wildman–Crippen MR) is 64.0 cm³/mol. The number of amides is 1. The summed E-state index contributed by atoms with van der Waals surface area (Å²) in [6.07, 6.45) is -0.192. The highest BCUT2D eigenvalue weighted by Gasteiger charge is 2.27. The maximum Gasteiger partial charge on any atom is 0.415 e. The molecule has 0 bridgehead atoms. The fraction of sp³-hybridized carbons (Fsp3) is 0.462. The summed E-state index contributed by atoms with van der Waals surface area (Å²) < 4.78 is 10.8. The van der Waals surface area contributed by atoms with Crippen molar-refractivity contribution in [3.63, 3.8) is 0 Å². The summed E-state index contributed by atoms with van der Waals surface area (Å²) in [5.74, 6) is 0.573. The van der Waals surface area contributed by atoms with E-state index in [9.17, 15) is 4.79 Å². The molecule has 2 atom stereocenters. The van der Waals surface area contributed by atoms with E-state index in [4.69, 9.17) is 9.47 Å². The van der Waals surface area contributed by atoms with Gasteiger partial charge in [-0.15, -0.1) is 0 Å². The van der Waals surface area contributed by atoms with E-state index in [1.54, 1.807) is 17.0 Å². The maximum absolute atomic E-state index is 11.9. The summed E-state index contributed by atoms with van der Waals surface area (Å²) in [7, 11) is 0. The first-order valence-electron chi connectivity index (χ1n) is 5.82. The number of rotatable bonds is 1. The van der Waals surface area contributed by atoms with Crippen molar-refractivity contribution >= 4 is 6.09 Å². The monoisotopic (exact) mass is 235 g/mol. The van der Waals surface area contributed by atoms with Crippen LogP contribution in [0.5, 0.6) is 5.75 Å². The third kappa shape index (κ3) is 3.20. The molecule has 0 spiro atoms. The lowest BCUT2D eigenvalue weighted by atomic mass is 10.2. The first-order chi connectivity index (χ1) is 8.15. The number of carbonyl (C=O) groups excluding carboxylic acids is 1. The Bertz CT molecular complexity index is 370. The van der Waals surface area contributed by atoms with Gasteiger partial charge in [-0.2, -0.15) is 0 Å². The van der Waals surface area contributed by atoms with Crippen molar-refractivity contribution in [3.05, 3.63) is 30.3 Å². The van der Waals surface area contributed by atoms with Gasteiger partial charge in [0.25, 0.3) is 0 Å². The molecular formula is C13H17NO3. The van der Waals surface area contributed by atoms with Crippen LogP contribution in [0.25, 0.3) is 0 Å². The summed E-state index contributed by atoms with van der Waals surface area (Å²) in [6, 6.07) is 9.10. The molecule has 1 aromatic carbocycles. The average Bonchev–Trinajstić information content (AvgIpc) is 2.29. The van der Waals surface area contributed by atoms with E-state index in [2.05, 4.69) is 0 Å². The number of hydrogen-bond donors (Lipinski definition) is 0. The van der Waals surface area contributed by atoms with Crippen LogP contribution < -0.4 is 4.74 Å². The summed E-state index contributed by atoms with van der Waals surface area (Å²) in [4.78, 5) is 13.6. The zero-order valence-corrected chi connectivity index (χ0v) is 10.1. The minimum atomic E-state index is -0.307. The number of para-hydroxylation sites is 1. The highest BCUT2D eigenvalue weighted by Crippen LogP contribution is 2.14. The van der Waals surface area contributed by atoms with Crippen LogP contribution in [0.2, 0.25) is 0 Å². The van der Waals surface area contributed by atoms with Crippen molar-refractivity contribution in [2.24, 2.45) is 0 Å². The van der Waals surface area contributed by atoms with Gasteiger partial charge in [0.1, 0.15) is 5.75 Å². The molecule has 17 heavy (non-hydrogen) atoms. The Labute approximate surface area is 101 Å². The number of benzene rings is 1. The van der Waals surface area contributed by atoms with Gasteiger partial charge in [-0.05, 0) is 26.0 Å². The molecule has 2 rings (SSSR count). The third-order valence-electron chi connectivity index (χ3n) is 2.63. The first kappa shape index (κ1) is 11.9. The van der Waals surface area contributed by atoms with Crippen molar-refractivity contribution in [3.8, 4) is 5.75 Å². The van der Waals surface area contributed by atoms with Gasteiger partial charge < -0.3 is 14.4 Å². The molecule has 1 aliphatic rings. The minimum Gasteiger partial charge on any atom is -0.410 e. The average molecular weight is 235 g/mol. The smallest absolute Gasteiger partial charge is 0.410 e. The molecule has 0 saturated carbocycles. The molecule has 1 fully saturated rings. The van der Waals surface area contributed by atoms with Crippen molar-refractivity contribution in [1.82, 2.24) is 4.90 Å². The van der Waals surface area contributed by atoms with Crippen LogP contribution in [0.3, 0.4) is 0 Å². The minimum absolute atomic E-state index is 0.0575. The number of nitrogens with zero attached hydrogens (tertiary/aromatic N) is 1. The van der Waals surface area contributed by atoms with Crippen LogP contribution in [0.4, 0.5) is 4.79 Å². The summed E-state index contributed by atoms with van der Waals surface area (Å²) >= 11 is 0. The van der Waals surface area contributed by atoms with Gasteiger partial charge >= 0.3 is 6.09 Å². The van der Waals surface area contributed by atoms with E-state index < -0.39 is 0 Å². The Balaban J connectivity index is 1.96. The molecule has 1 heterocycles. The van der Waals surface area contributed by atoms with E-state index in [-0.39, 0.29) is 18.3 Å². The van der Waals surface area contributed by atoms with Crippen molar-refractivity contribution in [1.29, 1.82) is 0 Å². The zero-order valence-electron chi connectivity index (χ0n) is 10.1. The van der Waals surface area contributed by atoms with Gasteiger partial charge in [0.2, 0.25) is 0 Å². The second-order valence-electron chi connectivity index (χ2n) is 4.34. The lowest BCUT2D eigenvalue weighted by molar-refractivity contribution is -0.0592. The molecule has 0 unspecified atom stereocenters. The standard InChI is InChI=1S/C13H17NO3/c1-10-8-14(9-11(2)16-10)13(15)17-12-6-4-3-5-7-12/h3-7,10-11H,8-9H2,1-2H3/t10-,11-/m0/s1. The van der Waals surface area contributed by atoms with Gasteiger partial charge in [-0.3, -0.25) is 0 Å². The number of morpholine rings is 1. The van der Waals surface area contributed by atoms with E-state index in [0.717, 1.165) is 0 Å². The zero-order chi connectivity index (χ0) is 12.3. The lowest BCUT2D eigenvalue weighted by Gasteiger charge is -2.34. The second kappa shape index (κ2) is 5.19. The second-order valence-corrected chi connectivity index (χ2v) is 4.34. The van der Waals surface area contributed by atoms with Crippen LogP contribution in [0, 0.1) is 0 Å². The quantitative estimate of drug-likeness (QED) is 0.749. The molecule has 0 aromatic heterocycles. The van der Waals surface area contributed by atoms with Crippen LogP contribution in [-0.2, 0) is 4.74 Å². The Morgan fingerprint density at radius 1 is 1.24 bits per heavy atom. The summed E-state index contributed by atoms with van der Waals surface area (Å²) in [5.41, 5.74) is 0. The van der Waals surface area contributed by atoms with Gasteiger partial charge in [0.15, 0.2) is 0 Å². The summed E-state index contributed by atoms with van der Waals surface area (Å²) in [5, 5.41) is 0. The fourth-order valence-electron chi connectivity index (χ4n) is 1.98. The summed E-state index contributed by atoms with van der Waals surface area (Å²) in [6.45, 7) is 5.07. The molecule has 92 valence electrons. The largest absolute Gasteiger partial charge is 0.415 e. The Kier molecular flexibility index (Phi) is 3.64. The Morgan fingerprint density at radius 2 is 1.82 bits per heavy atom. The molecule has 1 aromatic rings. The maximum atomic E-state index is 11.9. The number of hydrogen-bond acceptors (Lipinski definition) is 3. The Hall–Kier alpha value is -1.55. The number of ether oxygens (including phenoxy) is 2. The van der Waals surface area contributed by atoms with Gasteiger partial charge in [-0.25, -0.2) is 4.79 Å². The van der Waals surface area contributed by atoms with Crippen molar-refractivity contribution < 1.29 is 14.3 Å². The van der Waals surface area contributed by atoms with Gasteiger partial charge in [0, 0.05) is 0 Å². The molecule has 1 saturated heterocycles. The van der Waals surface area contributed by atoms with Gasteiger partial charge in [-0.1, -0.05) is 18.2 Å². The van der Waals surface area contributed by atoms with Gasteiger partial charge in [0.05, 0.1) is 25.3 Å². The molecule has 1 amide bonds. The molecule has 0 N–H and O–H groups in total. The topological polar surface area (TPSA) is 38.8 Å². The molecule has 0 radical (unpaired) electrons. The fourth-order valence-corrected chi connectivity index (χ4v) is 1.98. The van der Waals surface area contributed by atoms with E-state index in [1.807, 2.05) is 32.0 Å². The predicted octanol–water partition coefficient (Wildman–Crippen LogP) is 2.29. The van der Waals surface area contributed by atoms with E-state index in [1.165, 1.54) is 0 Å². The van der Waals surface area contributed by atoms with Crippen LogP contribution in [0.1, 0.15) is 13.8 Å². The SMILES string of the molecule is C[C@H]1CN(C(=O)Oc2ccccc2)C[C@H](C)O1. The van der Waals surface area contributed by atoms with Crippen molar-refractivity contribution in [2.45, 2.75) is 26.1 Å². The number of carbonyl (C=O) groups is 1. The van der Waals surface area contributed by atoms with Crippen LogP contribution >= 0.6 is 0 Å². The van der Waals surface area contributed by atoms with E-state index >= 15 is 0 Å².